The SMILES string of the molecule is CCc1ccccc1NC(=O)C1(c2ccc(C)cc2)CC1. The summed E-state index contributed by atoms with van der Waals surface area (Å²) in [5.41, 5.74) is 4.19. The lowest BCUT2D eigenvalue weighted by atomic mass is 9.94. The van der Waals surface area contributed by atoms with Crippen LogP contribution >= 0.6 is 0 Å². The first-order chi connectivity index (χ1) is 10.2. The smallest absolute Gasteiger partial charge is 0.235 e. The van der Waals surface area contributed by atoms with Gasteiger partial charge in [0.05, 0.1) is 5.41 Å². The van der Waals surface area contributed by atoms with Crippen LogP contribution in [0.1, 0.15) is 36.5 Å². The molecule has 0 heterocycles. The Kier molecular flexibility index (Phi) is 3.54. The van der Waals surface area contributed by atoms with E-state index in [-0.39, 0.29) is 11.3 Å². The molecular weight excluding hydrogens is 258 g/mol. The number of para-hydroxylation sites is 1. The Morgan fingerprint density at radius 3 is 2.38 bits per heavy atom. The van der Waals surface area contributed by atoms with Crippen LogP contribution in [0.2, 0.25) is 0 Å². The van der Waals surface area contributed by atoms with E-state index in [1.807, 2.05) is 18.2 Å². The van der Waals surface area contributed by atoms with E-state index < -0.39 is 0 Å². The number of benzene rings is 2. The molecule has 2 aromatic rings. The minimum Gasteiger partial charge on any atom is -0.325 e. The highest BCUT2D eigenvalue weighted by atomic mass is 16.2. The van der Waals surface area contributed by atoms with E-state index in [1.165, 1.54) is 11.1 Å². The van der Waals surface area contributed by atoms with Crippen LogP contribution in [0.4, 0.5) is 5.69 Å². The zero-order valence-corrected chi connectivity index (χ0v) is 12.6. The van der Waals surface area contributed by atoms with Gasteiger partial charge >= 0.3 is 0 Å². The summed E-state index contributed by atoms with van der Waals surface area (Å²) in [5, 5.41) is 3.14. The molecule has 1 amide bonds. The maximum atomic E-state index is 12.7. The van der Waals surface area contributed by atoms with Gasteiger partial charge in [0.15, 0.2) is 0 Å². The molecule has 2 heteroatoms. The molecule has 0 atom stereocenters. The van der Waals surface area contributed by atoms with Crippen LogP contribution in [0.5, 0.6) is 0 Å². The van der Waals surface area contributed by atoms with Gasteiger partial charge in [0.25, 0.3) is 0 Å². The predicted octanol–water partition coefficient (Wildman–Crippen LogP) is 4.23. The number of carbonyl (C=O) groups is 1. The number of carbonyl (C=O) groups excluding carboxylic acids is 1. The molecule has 108 valence electrons. The number of nitrogens with one attached hydrogen (secondary N) is 1. The lowest BCUT2D eigenvalue weighted by Crippen LogP contribution is -2.28. The molecule has 0 aromatic heterocycles. The van der Waals surface area contributed by atoms with Crippen LogP contribution in [0.3, 0.4) is 0 Å². The third kappa shape index (κ3) is 2.58. The van der Waals surface area contributed by atoms with Gasteiger partial charge < -0.3 is 5.32 Å². The second-order valence-corrected chi connectivity index (χ2v) is 5.91. The third-order valence-electron chi connectivity index (χ3n) is 4.44. The van der Waals surface area contributed by atoms with Gasteiger partial charge in [0.1, 0.15) is 0 Å². The van der Waals surface area contributed by atoms with Crippen LogP contribution in [0.25, 0.3) is 0 Å². The van der Waals surface area contributed by atoms with Gasteiger partial charge in [-0.25, -0.2) is 0 Å². The Bertz CT molecular complexity index is 654. The number of hydrogen-bond acceptors (Lipinski definition) is 1. The quantitative estimate of drug-likeness (QED) is 0.891. The molecular formula is C19H21NO. The zero-order chi connectivity index (χ0) is 14.9. The average Bonchev–Trinajstić information content (AvgIpc) is 3.30. The van der Waals surface area contributed by atoms with Crippen molar-refractivity contribution in [3.05, 3.63) is 65.2 Å². The molecule has 1 fully saturated rings. The van der Waals surface area contributed by atoms with Gasteiger partial charge in [-0.3, -0.25) is 4.79 Å². The van der Waals surface area contributed by atoms with Crippen LogP contribution in [-0.4, -0.2) is 5.91 Å². The van der Waals surface area contributed by atoms with Gasteiger partial charge in [-0.2, -0.15) is 0 Å². The van der Waals surface area contributed by atoms with Crippen molar-refractivity contribution in [2.24, 2.45) is 0 Å². The fourth-order valence-electron chi connectivity index (χ4n) is 2.84. The molecule has 1 aliphatic carbocycles. The number of aryl methyl sites for hydroxylation is 2. The van der Waals surface area contributed by atoms with Gasteiger partial charge in [-0.1, -0.05) is 55.0 Å². The van der Waals surface area contributed by atoms with Gasteiger partial charge in [-0.05, 0) is 43.4 Å². The summed E-state index contributed by atoms with van der Waals surface area (Å²) in [7, 11) is 0. The van der Waals surface area contributed by atoms with E-state index in [1.54, 1.807) is 0 Å². The van der Waals surface area contributed by atoms with Gasteiger partial charge in [-0.15, -0.1) is 0 Å². The van der Waals surface area contributed by atoms with Crippen LogP contribution in [0.15, 0.2) is 48.5 Å². The first-order valence-electron chi connectivity index (χ1n) is 7.62. The van der Waals surface area contributed by atoms with Gasteiger partial charge in [0, 0.05) is 5.69 Å². The topological polar surface area (TPSA) is 29.1 Å². The summed E-state index contributed by atoms with van der Waals surface area (Å²) in [4.78, 5) is 12.7. The molecule has 0 spiro atoms. The minimum absolute atomic E-state index is 0.132. The van der Waals surface area contributed by atoms with Crippen molar-refractivity contribution < 1.29 is 4.79 Å². The molecule has 0 aliphatic heterocycles. The summed E-state index contributed by atoms with van der Waals surface area (Å²) in [6, 6.07) is 16.4. The highest BCUT2D eigenvalue weighted by molar-refractivity contribution is 6.01. The molecule has 0 unspecified atom stereocenters. The average molecular weight is 279 g/mol. The molecule has 3 rings (SSSR count). The van der Waals surface area contributed by atoms with E-state index in [2.05, 4.69) is 49.5 Å². The zero-order valence-electron chi connectivity index (χ0n) is 12.6. The highest BCUT2D eigenvalue weighted by Crippen LogP contribution is 2.49. The Hall–Kier alpha value is -2.09. The lowest BCUT2D eigenvalue weighted by Gasteiger charge is -2.17. The van der Waals surface area contributed by atoms with Crippen LogP contribution in [-0.2, 0) is 16.6 Å². The molecule has 21 heavy (non-hydrogen) atoms. The standard InChI is InChI=1S/C19H21NO/c1-3-15-6-4-5-7-17(15)20-18(21)19(12-13-19)16-10-8-14(2)9-11-16/h4-11H,3,12-13H2,1-2H3,(H,20,21). The van der Waals surface area contributed by atoms with Crippen molar-refractivity contribution in [2.45, 2.75) is 38.5 Å². The normalized spacial score (nSPS) is 15.5. The molecule has 0 radical (unpaired) electrons. The molecule has 1 saturated carbocycles. The van der Waals surface area contributed by atoms with Crippen LogP contribution in [0, 0.1) is 6.92 Å². The van der Waals surface area contributed by atoms with Crippen molar-refractivity contribution >= 4 is 11.6 Å². The number of amides is 1. The summed E-state index contributed by atoms with van der Waals surface area (Å²) < 4.78 is 0. The van der Waals surface area contributed by atoms with Crippen molar-refractivity contribution in [3.63, 3.8) is 0 Å². The molecule has 2 nitrogen and oxygen atoms in total. The fourth-order valence-corrected chi connectivity index (χ4v) is 2.84. The largest absolute Gasteiger partial charge is 0.325 e. The van der Waals surface area contributed by atoms with E-state index in [9.17, 15) is 4.79 Å². The third-order valence-corrected chi connectivity index (χ3v) is 4.44. The summed E-state index contributed by atoms with van der Waals surface area (Å²) in [6.07, 6.45) is 2.81. The van der Waals surface area contributed by atoms with E-state index in [4.69, 9.17) is 0 Å². The Balaban J connectivity index is 1.83. The second-order valence-electron chi connectivity index (χ2n) is 5.91. The minimum atomic E-state index is -0.311. The number of anilines is 1. The predicted molar refractivity (Wildman–Crippen MR) is 86.5 cm³/mol. The second kappa shape index (κ2) is 5.36. The Morgan fingerprint density at radius 1 is 1.10 bits per heavy atom. The summed E-state index contributed by atoms with van der Waals surface area (Å²) >= 11 is 0. The monoisotopic (exact) mass is 279 g/mol. The first kappa shape index (κ1) is 13.9. The van der Waals surface area contributed by atoms with E-state index in [0.717, 1.165) is 30.5 Å². The molecule has 2 aromatic carbocycles. The molecule has 0 saturated heterocycles. The van der Waals surface area contributed by atoms with Crippen molar-refractivity contribution in [2.75, 3.05) is 5.32 Å². The van der Waals surface area contributed by atoms with Crippen LogP contribution < -0.4 is 5.32 Å². The fraction of sp³-hybridized carbons (Fsp3) is 0.316. The van der Waals surface area contributed by atoms with E-state index in [0.29, 0.717) is 0 Å². The number of hydrogen-bond donors (Lipinski definition) is 1. The molecule has 1 aliphatic rings. The number of rotatable bonds is 4. The first-order valence-corrected chi connectivity index (χ1v) is 7.62. The molecule has 0 bridgehead atoms. The van der Waals surface area contributed by atoms with Crippen molar-refractivity contribution in [3.8, 4) is 0 Å². The summed E-state index contributed by atoms with van der Waals surface area (Å²) in [6.45, 7) is 4.18. The highest BCUT2D eigenvalue weighted by Gasteiger charge is 2.51. The maximum Gasteiger partial charge on any atom is 0.235 e. The Labute approximate surface area is 126 Å². The summed E-state index contributed by atoms with van der Waals surface area (Å²) in [5.74, 6) is 0.132. The van der Waals surface area contributed by atoms with Gasteiger partial charge in [0.2, 0.25) is 5.91 Å². The van der Waals surface area contributed by atoms with Crippen molar-refractivity contribution in [1.82, 2.24) is 0 Å². The Morgan fingerprint density at radius 2 is 1.76 bits per heavy atom. The maximum absolute atomic E-state index is 12.7. The molecule has 1 N–H and O–H groups in total. The van der Waals surface area contributed by atoms with Crippen molar-refractivity contribution in [1.29, 1.82) is 0 Å². The van der Waals surface area contributed by atoms with E-state index >= 15 is 0 Å². The lowest BCUT2D eigenvalue weighted by molar-refractivity contribution is -0.118.